The second-order valence-corrected chi connectivity index (χ2v) is 6.07. The minimum atomic E-state index is -3.82. The van der Waals surface area contributed by atoms with Gasteiger partial charge in [-0.2, -0.15) is 0 Å². The molecule has 0 aliphatic carbocycles. The van der Waals surface area contributed by atoms with Crippen LogP contribution >= 0.6 is 0 Å². The number of nitrogens with zero attached hydrogens (tertiary/aromatic N) is 1. The van der Waals surface area contributed by atoms with E-state index in [0.717, 1.165) is 6.07 Å². The molecule has 0 spiro atoms. The maximum Gasteiger partial charge on any atom is 0.241 e. The quantitative estimate of drug-likeness (QED) is 0.839. The Morgan fingerprint density at radius 2 is 2.15 bits per heavy atom. The molecular weight excluding hydrogens is 281 g/mol. The molecule has 0 radical (unpaired) electrons. The highest BCUT2D eigenvalue weighted by atomic mass is 32.2. The smallest absolute Gasteiger partial charge is 0.241 e. The number of nitrogens with two attached hydrogens (primary N) is 1. The SMILES string of the molecule is Cc1c(N)cc(S(=O)(=O)NCc2cccnc2)cc1F. The van der Waals surface area contributed by atoms with Crippen LogP contribution in [0.1, 0.15) is 11.1 Å². The number of aromatic nitrogens is 1. The van der Waals surface area contributed by atoms with Gasteiger partial charge in [-0.15, -0.1) is 0 Å². The number of pyridine rings is 1. The number of hydrogen-bond donors (Lipinski definition) is 2. The lowest BCUT2D eigenvalue weighted by Gasteiger charge is -2.09. The van der Waals surface area contributed by atoms with E-state index in [1.54, 1.807) is 24.5 Å². The van der Waals surface area contributed by atoms with Gasteiger partial charge >= 0.3 is 0 Å². The second kappa shape index (κ2) is 5.56. The molecule has 0 aliphatic heterocycles. The van der Waals surface area contributed by atoms with Crippen molar-refractivity contribution >= 4 is 15.7 Å². The Balaban J connectivity index is 2.23. The number of sulfonamides is 1. The Hall–Kier alpha value is -1.99. The lowest BCUT2D eigenvalue weighted by atomic mass is 10.2. The van der Waals surface area contributed by atoms with Gasteiger partial charge in [0.1, 0.15) is 5.82 Å². The van der Waals surface area contributed by atoms with Gasteiger partial charge in [-0.25, -0.2) is 17.5 Å². The summed E-state index contributed by atoms with van der Waals surface area (Å²) in [6.07, 6.45) is 3.14. The number of rotatable bonds is 4. The average molecular weight is 295 g/mol. The zero-order valence-corrected chi connectivity index (χ0v) is 11.6. The number of anilines is 1. The molecule has 20 heavy (non-hydrogen) atoms. The summed E-state index contributed by atoms with van der Waals surface area (Å²) >= 11 is 0. The fourth-order valence-electron chi connectivity index (χ4n) is 1.59. The Morgan fingerprint density at radius 1 is 1.40 bits per heavy atom. The first-order valence-electron chi connectivity index (χ1n) is 5.84. The van der Waals surface area contributed by atoms with Crippen LogP contribution in [0.15, 0.2) is 41.6 Å². The number of hydrogen-bond acceptors (Lipinski definition) is 4. The molecule has 0 saturated carbocycles. The van der Waals surface area contributed by atoms with Crippen molar-refractivity contribution in [1.29, 1.82) is 0 Å². The van der Waals surface area contributed by atoms with Crippen LogP contribution in [0, 0.1) is 12.7 Å². The molecule has 0 bridgehead atoms. The zero-order valence-electron chi connectivity index (χ0n) is 10.8. The third-order valence-corrected chi connectivity index (χ3v) is 4.24. The van der Waals surface area contributed by atoms with E-state index in [1.165, 1.54) is 13.0 Å². The van der Waals surface area contributed by atoms with Gasteiger partial charge in [-0.3, -0.25) is 4.98 Å². The number of halogens is 1. The molecule has 106 valence electrons. The van der Waals surface area contributed by atoms with Gasteiger partial charge in [0.2, 0.25) is 10.0 Å². The minimum Gasteiger partial charge on any atom is -0.398 e. The maximum absolute atomic E-state index is 13.6. The zero-order chi connectivity index (χ0) is 14.8. The summed E-state index contributed by atoms with van der Waals surface area (Å²) < 4.78 is 40.1. The van der Waals surface area contributed by atoms with Crippen molar-refractivity contribution in [3.63, 3.8) is 0 Å². The molecule has 0 unspecified atom stereocenters. The van der Waals surface area contributed by atoms with Gasteiger partial charge in [0, 0.05) is 30.2 Å². The van der Waals surface area contributed by atoms with Crippen LogP contribution in [0.25, 0.3) is 0 Å². The van der Waals surface area contributed by atoms with Crippen molar-refractivity contribution < 1.29 is 12.8 Å². The molecule has 2 aromatic rings. The highest BCUT2D eigenvalue weighted by Gasteiger charge is 2.17. The molecule has 1 heterocycles. The lowest BCUT2D eigenvalue weighted by Crippen LogP contribution is -2.23. The third-order valence-electron chi connectivity index (χ3n) is 2.86. The highest BCUT2D eigenvalue weighted by Crippen LogP contribution is 2.20. The Labute approximate surface area is 116 Å². The predicted molar refractivity (Wildman–Crippen MR) is 73.8 cm³/mol. The lowest BCUT2D eigenvalue weighted by molar-refractivity contribution is 0.576. The third kappa shape index (κ3) is 3.12. The molecule has 1 aromatic heterocycles. The van der Waals surface area contributed by atoms with Crippen LogP contribution in [-0.2, 0) is 16.6 Å². The van der Waals surface area contributed by atoms with Gasteiger partial charge in [-0.1, -0.05) is 6.07 Å². The largest absolute Gasteiger partial charge is 0.398 e. The van der Waals surface area contributed by atoms with Gasteiger partial charge in [0.05, 0.1) is 4.90 Å². The van der Waals surface area contributed by atoms with E-state index in [1.807, 2.05) is 0 Å². The Bertz CT molecular complexity index is 695. The van der Waals surface area contributed by atoms with Crippen molar-refractivity contribution in [2.24, 2.45) is 0 Å². The van der Waals surface area contributed by atoms with Crippen LogP contribution in [0.5, 0.6) is 0 Å². The number of nitrogen functional groups attached to an aromatic ring is 1. The summed E-state index contributed by atoms with van der Waals surface area (Å²) in [4.78, 5) is 3.69. The Morgan fingerprint density at radius 3 is 2.75 bits per heavy atom. The van der Waals surface area contributed by atoms with Gasteiger partial charge in [0.25, 0.3) is 0 Å². The molecule has 5 nitrogen and oxygen atoms in total. The summed E-state index contributed by atoms with van der Waals surface area (Å²) in [5, 5.41) is 0. The van der Waals surface area contributed by atoms with E-state index in [4.69, 9.17) is 5.73 Å². The van der Waals surface area contributed by atoms with E-state index in [0.29, 0.717) is 5.56 Å². The molecule has 0 saturated heterocycles. The molecular formula is C13H14FN3O2S. The summed E-state index contributed by atoms with van der Waals surface area (Å²) in [7, 11) is -3.82. The predicted octanol–water partition coefficient (Wildman–Crippen LogP) is 1.59. The van der Waals surface area contributed by atoms with Gasteiger partial charge in [-0.05, 0) is 30.7 Å². The Kier molecular flexibility index (Phi) is 4.01. The van der Waals surface area contributed by atoms with Crippen molar-refractivity contribution in [1.82, 2.24) is 9.71 Å². The monoisotopic (exact) mass is 295 g/mol. The summed E-state index contributed by atoms with van der Waals surface area (Å²) in [5.41, 5.74) is 6.62. The maximum atomic E-state index is 13.6. The van der Waals surface area contributed by atoms with Crippen molar-refractivity contribution in [3.8, 4) is 0 Å². The van der Waals surface area contributed by atoms with Crippen molar-refractivity contribution in [2.45, 2.75) is 18.4 Å². The molecule has 0 fully saturated rings. The molecule has 0 atom stereocenters. The molecule has 1 aromatic carbocycles. The first-order chi connectivity index (χ1) is 9.40. The van der Waals surface area contributed by atoms with Crippen molar-refractivity contribution in [3.05, 3.63) is 53.6 Å². The van der Waals surface area contributed by atoms with E-state index >= 15 is 0 Å². The molecule has 7 heteroatoms. The molecule has 0 amide bonds. The van der Waals surface area contributed by atoms with E-state index in [9.17, 15) is 12.8 Å². The summed E-state index contributed by atoms with van der Waals surface area (Å²) in [5.74, 6) is -0.647. The van der Waals surface area contributed by atoms with E-state index in [2.05, 4.69) is 9.71 Å². The first-order valence-corrected chi connectivity index (χ1v) is 7.32. The molecule has 3 N–H and O–H groups in total. The highest BCUT2D eigenvalue weighted by molar-refractivity contribution is 7.89. The second-order valence-electron chi connectivity index (χ2n) is 4.31. The van der Waals surface area contributed by atoms with Crippen LogP contribution in [0.3, 0.4) is 0 Å². The van der Waals surface area contributed by atoms with E-state index in [-0.39, 0.29) is 22.7 Å². The number of benzene rings is 1. The average Bonchev–Trinajstić information content (AvgIpc) is 2.43. The topological polar surface area (TPSA) is 85.1 Å². The molecule has 2 rings (SSSR count). The fourth-order valence-corrected chi connectivity index (χ4v) is 2.66. The van der Waals surface area contributed by atoms with Gasteiger partial charge < -0.3 is 5.73 Å². The van der Waals surface area contributed by atoms with Crippen LogP contribution in [0.4, 0.5) is 10.1 Å². The fraction of sp³-hybridized carbons (Fsp3) is 0.154. The standard InChI is InChI=1S/C13H14FN3O2S/c1-9-12(14)5-11(6-13(9)15)20(18,19)17-8-10-3-2-4-16-7-10/h2-7,17H,8,15H2,1H3. The van der Waals surface area contributed by atoms with Crippen LogP contribution in [-0.4, -0.2) is 13.4 Å². The normalized spacial score (nSPS) is 11.5. The van der Waals surface area contributed by atoms with Crippen LogP contribution < -0.4 is 10.5 Å². The summed E-state index contributed by atoms with van der Waals surface area (Å²) in [6, 6.07) is 5.63. The minimum absolute atomic E-state index is 0.0750. The summed E-state index contributed by atoms with van der Waals surface area (Å²) in [6.45, 7) is 1.57. The molecule has 0 aliphatic rings. The van der Waals surface area contributed by atoms with Gasteiger partial charge in [0.15, 0.2) is 0 Å². The van der Waals surface area contributed by atoms with Crippen LogP contribution in [0.2, 0.25) is 0 Å². The van der Waals surface area contributed by atoms with Crippen molar-refractivity contribution in [2.75, 3.05) is 5.73 Å². The number of nitrogens with one attached hydrogen (secondary N) is 1. The van der Waals surface area contributed by atoms with E-state index < -0.39 is 15.8 Å². The first kappa shape index (κ1) is 14.4.